The topological polar surface area (TPSA) is 155 Å². The van der Waals surface area contributed by atoms with Crippen LogP contribution in [-0.4, -0.2) is 55.2 Å². The maximum absolute atomic E-state index is 11.1. The van der Waals surface area contributed by atoms with Gasteiger partial charge in [-0.25, -0.2) is 19.5 Å². The van der Waals surface area contributed by atoms with Crippen LogP contribution in [0.15, 0.2) is 12.7 Å². The van der Waals surface area contributed by atoms with E-state index in [9.17, 15) is 4.57 Å². The summed E-state index contributed by atoms with van der Waals surface area (Å²) >= 11 is 0. The van der Waals surface area contributed by atoms with E-state index in [1.807, 2.05) is 0 Å². The quantitative estimate of drug-likeness (QED) is 0.621. The standard InChI is InChI=1S/C11H16N5O6P/c1-20-3-7-6(22-23(17,18)19)2-8(21-7)16-5-15-9-10(12)13-4-14-11(9)16/h4-8H,2-3H2,1H3,(H2,12,13,14)(H2,17,18,19)/t6-,7+,8+/m0/s1. The Morgan fingerprint density at radius 2 is 2.26 bits per heavy atom. The van der Waals surface area contributed by atoms with Gasteiger partial charge in [0.05, 0.1) is 12.9 Å². The van der Waals surface area contributed by atoms with Crippen molar-refractivity contribution >= 4 is 24.8 Å². The molecule has 1 aliphatic heterocycles. The summed E-state index contributed by atoms with van der Waals surface area (Å²) in [6.45, 7) is 0.130. The van der Waals surface area contributed by atoms with Gasteiger partial charge in [-0.2, -0.15) is 0 Å². The number of hydrogen-bond donors (Lipinski definition) is 3. The molecule has 1 saturated heterocycles. The highest BCUT2D eigenvalue weighted by molar-refractivity contribution is 7.46. The lowest BCUT2D eigenvalue weighted by molar-refractivity contribution is -0.0515. The second-order valence-electron chi connectivity index (χ2n) is 5.04. The average Bonchev–Trinajstić information content (AvgIpc) is 3.03. The Morgan fingerprint density at radius 1 is 1.48 bits per heavy atom. The zero-order chi connectivity index (χ0) is 16.6. The zero-order valence-corrected chi connectivity index (χ0v) is 13.0. The number of phosphoric acid groups is 1. The SMILES string of the molecule is COC[C@H]1O[C@@H](n2cnc3c(N)ncnc32)C[C@@H]1OP(=O)(O)O. The molecule has 0 bridgehead atoms. The number of nitrogen functional groups attached to an aromatic ring is 1. The van der Waals surface area contributed by atoms with Gasteiger partial charge in [0.2, 0.25) is 0 Å². The molecule has 11 nitrogen and oxygen atoms in total. The fourth-order valence-electron chi connectivity index (χ4n) is 2.55. The minimum atomic E-state index is -4.64. The van der Waals surface area contributed by atoms with Gasteiger partial charge < -0.3 is 25.0 Å². The van der Waals surface area contributed by atoms with E-state index >= 15 is 0 Å². The van der Waals surface area contributed by atoms with E-state index in [-0.39, 0.29) is 18.8 Å². The van der Waals surface area contributed by atoms with Crippen molar-refractivity contribution in [2.45, 2.75) is 24.9 Å². The Kier molecular flexibility index (Phi) is 4.32. The number of aromatic nitrogens is 4. The molecule has 2 aromatic heterocycles. The molecule has 0 unspecified atom stereocenters. The van der Waals surface area contributed by atoms with E-state index in [2.05, 4.69) is 15.0 Å². The van der Waals surface area contributed by atoms with Crippen molar-refractivity contribution in [3.63, 3.8) is 0 Å². The molecule has 1 aliphatic rings. The largest absolute Gasteiger partial charge is 0.469 e. The van der Waals surface area contributed by atoms with E-state index in [0.29, 0.717) is 11.2 Å². The van der Waals surface area contributed by atoms with Gasteiger partial charge in [-0.15, -0.1) is 0 Å². The molecule has 3 heterocycles. The van der Waals surface area contributed by atoms with E-state index in [1.165, 1.54) is 19.8 Å². The van der Waals surface area contributed by atoms with Gasteiger partial charge in [0.15, 0.2) is 11.5 Å². The highest BCUT2D eigenvalue weighted by Gasteiger charge is 2.41. The first-order valence-corrected chi connectivity index (χ1v) is 8.23. The summed E-state index contributed by atoms with van der Waals surface area (Å²) in [5.41, 5.74) is 6.64. The number of methoxy groups -OCH3 is 1. The number of nitrogens with two attached hydrogens (primary N) is 1. The van der Waals surface area contributed by atoms with Gasteiger partial charge in [-0.1, -0.05) is 0 Å². The van der Waals surface area contributed by atoms with Crippen LogP contribution in [0.25, 0.3) is 11.2 Å². The molecule has 12 heteroatoms. The maximum atomic E-state index is 11.1. The monoisotopic (exact) mass is 345 g/mol. The number of imidazole rings is 1. The number of fused-ring (bicyclic) bond motifs is 1. The molecule has 2 aromatic rings. The van der Waals surface area contributed by atoms with Crippen LogP contribution < -0.4 is 5.73 Å². The Labute approximate surface area is 130 Å². The third-order valence-electron chi connectivity index (χ3n) is 3.48. The minimum absolute atomic E-state index is 0.130. The van der Waals surface area contributed by atoms with Crippen molar-refractivity contribution in [3.05, 3.63) is 12.7 Å². The third-order valence-corrected chi connectivity index (χ3v) is 4.03. The van der Waals surface area contributed by atoms with Crippen molar-refractivity contribution in [2.75, 3.05) is 19.5 Å². The number of phosphoric ester groups is 1. The Balaban J connectivity index is 1.88. The molecule has 0 aromatic carbocycles. The van der Waals surface area contributed by atoms with Gasteiger partial charge in [-0.05, 0) is 0 Å². The van der Waals surface area contributed by atoms with E-state index < -0.39 is 26.3 Å². The molecule has 0 aliphatic carbocycles. The number of rotatable bonds is 5. The van der Waals surface area contributed by atoms with Crippen molar-refractivity contribution in [1.29, 1.82) is 0 Å². The summed E-state index contributed by atoms with van der Waals surface area (Å²) in [6, 6.07) is 0. The molecule has 4 N–H and O–H groups in total. The van der Waals surface area contributed by atoms with Gasteiger partial charge >= 0.3 is 7.82 Å². The Hall–Kier alpha value is -1.62. The fourth-order valence-corrected chi connectivity index (χ4v) is 3.13. The summed E-state index contributed by atoms with van der Waals surface area (Å²) in [5.74, 6) is 0.239. The van der Waals surface area contributed by atoms with Crippen LogP contribution in [0.5, 0.6) is 0 Å². The summed E-state index contributed by atoms with van der Waals surface area (Å²) in [7, 11) is -3.18. The third kappa shape index (κ3) is 3.34. The second kappa shape index (κ2) is 6.11. The summed E-state index contributed by atoms with van der Waals surface area (Å²) in [5, 5.41) is 0. The summed E-state index contributed by atoms with van der Waals surface area (Å²) in [4.78, 5) is 30.2. The molecular weight excluding hydrogens is 329 g/mol. The predicted octanol–water partition coefficient (Wildman–Crippen LogP) is -0.180. The minimum Gasteiger partial charge on any atom is -0.382 e. The number of nitrogens with zero attached hydrogens (tertiary/aromatic N) is 4. The molecule has 23 heavy (non-hydrogen) atoms. The number of anilines is 1. The smallest absolute Gasteiger partial charge is 0.382 e. The van der Waals surface area contributed by atoms with Crippen LogP contribution in [0.1, 0.15) is 12.6 Å². The van der Waals surface area contributed by atoms with Gasteiger partial charge in [-0.3, -0.25) is 9.09 Å². The van der Waals surface area contributed by atoms with E-state index in [1.54, 1.807) is 4.57 Å². The Morgan fingerprint density at radius 3 is 2.96 bits per heavy atom. The van der Waals surface area contributed by atoms with Gasteiger partial charge in [0.25, 0.3) is 0 Å². The fraction of sp³-hybridized carbons (Fsp3) is 0.545. The van der Waals surface area contributed by atoms with Crippen LogP contribution >= 0.6 is 7.82 Å². The molecule has 126 valence electrons. The molecule has 0 saturated carbocycles. The maximum Gasteiger partial charge on any atom is 0.469 e. The molecule has 0 radical (unpaired) electrons. The van der Waals surface area contributed by atoms with E-state index in [0.717, 1.165) is 0 Å². The van der Waals surface area contributed by atoms with Crippen molar-refractivity contribution in [2.24, 2.45) is 0 Å². The molecule has 1 fully saturated rings. The van der Waals surface area contributed by atoms with Gasteiger partial charge in [0.1, 0.15) is 30.3 Å². The normalized spacial score (nSPS) is 25.3. The first kappa shape index (κ1) is 16.2. The van der Waals surface area contributed by atoms with Crippen molar-refractivity contribution in [3.8, 4) is 0 Å². The molecule has 3 rings (SSSR count). The number of ether oxygens (including phenoxy) is 2. The lowest BCUT2D eigenvalue weighted by atomic mass is 10.2. The lowest BCUT2D eigenvalue weighted by Crippen LogP contribution is -2.27. The lowest BCUT2D eigenvalue weighted by Gasteiger charge is -2.18. The summed E-state index contributed by atoms with van der Waals surface area (Å²) < 4.78 is 28.3. The van der Waals surface area contributed by atoms with Crippen LogP contribution in [0.2, 0.25) is 0 Å². The summed E-state index contributed by atoms with van der Waals surface area (Å²) in [6.07, 6.45) is 0.984. The van der Waals surface area contributed by atoms with Crippen molar-refractivity contribution in [1.82, 2.24) is 19.5 Å². The van der Waals surface area contributed by atoms with Crippen LogP contribution in [0, 0.1) is 0 Å². The average molecular weight is 345 g/mol. The Bertz CT molecular complexity index is 748. The number of hydrogen-bond acceptors (Lipinski definition) is 8. The predicted molar refractivity (Wildman–Crippen MR) is 77.1 cm³/mol. The molecule has 0 amide bonds. The van der Waals surface area contributed by atoms with Crippen LogP contribution in [0.4, 0.5) is 5.82 Å². The highest BCUT2D eigenvalue weighted by Crippen LogP contribution is 2.44. The highest BCUT2D eigenvalue weighted by atomic mass is 31.2. The molecule has 3 atom stereocenters. The van der Waals surface area contributed by atoms with Crippen molar-refractivity contribution < 1.29 is 28.3 Å². The van der Waals surface area contributed by atoms with E-state index in [4.69, 9.17) is 29.5 Å². The van der Waals surface area contributed by atoms with Crippen LogP contribution in [-0.2, 0) is 18.6 Å². The first-order valence-electron chi connectivity index (χ1n) is 6.70. The zero-order valence-electron chi connectivity index (χ0n) is 12.1. The molecule has 0 spiro atoms. The molecular formula is C11H16N5O6P. The first-order chi connectivity index (χ1) is 10.9. The van der Waals surface area contributed by atoms with Gasteiger partial charge in [0, 0.05) is 13.5 Å². The second-order valence-corrected chi connectivity index (χ2v) is 6.23. The van der Waals surface area contributed by atoms with Crippen LogP contribution in [0.3, 0.4) is 0 Å².